The maximum Gasteiger partial charge on any atom is 0.128 e. The molecule has 2 aliphatic heterocycles. The SMILES string of the molecule is O[C@@H]1CCOC[C@H]1[C@@H]1CCCN1c1ccc(Br)cn1. The Morgan fingerprint density at radius 3 is 3.00 bits per heavy atom. The van der Waals surface area contributed by atoms with Crippen LogP contribution >= 0.6 is 15.9 Å². The highest BCUT2D eigenvalue weighted by Gasteiger charge is 2.38. The highest BCUT2D eigenvalue weighted by Crippen LogP contribution is 2.32. The van der Waals surface area contributed by atoms with E-state index in [4.69, 9.17) is 4.74 Å². The summed E-state index contributed by atoms with van der Waals surface area (Å²) in [5.41, 5.74) is 0. The molecule has 0 bridgehead atoms. The summed E-state index contributed by atoms with van der Waals surface area (Å²) in [4.78, 5) is 6.82. The second kappa shape index (κ2) is 5.77. The van der Waals surface area contributed by atoms with Crippen LogP contribution in [0.4, 0.5) is 5.82 Å². The Morgan fingerprint density at radius 2 is 2.26 bits per heavy atom. The lowest BCUT2D eigenvalue weighted by atomic mass is 9.89. The summed E-state index contributed by atoms with van der Waals surface area (Å²) in [6, 6.07) is 4.41. The van der Waals surface area contributed by atoms with Crippen molar-refractivity contribution >= 4 is 21.7 Å². The molecule has 0 saturated carbocycles. The summed E-state index contributed by atoms with van der Waals surface area (Å²) in [7, 11) is 0. The number of anilines is 1. The van der Waals surface area contributed by atoms with E-state index in [2.05, 4.69) is 25.8 Å². The Morgan fingerprint density at radius 1 is 1.37 bits per heavy atom. The van der Waals surface area contributed by atoms with Crippen molar-refractivity contribution in [3.05, 3.63) is 22.8 Å². The van der Waals surface area contributed by atoms with Crippen LogP contribution in [0.15, 0.2) is 22.8 Å². The number of hydrogen-bond donors (Lipinski definition) is 1. The van der Waals surface area contributed by atoms with Crippen LogP contribution in [0.3, 0.4) is 0 Å². The van der Waals surface area contributed by atoms with Crippen molar-refractivity contribution in [2.24, 2.45) is 5.92 Å². The van der Waals surface area contributed by atoms with Crippen molar-refractivity contribution in [3.8, 4) is 0 Å². The molecule has 3 rings (SSSR count). The Balaban J connectivity index is 1.79. The first-order valence-corrected chi connectivity index (χ1v) is 7.69. The number of aliphatic hydroxyl groups is 1. The van der Waals surface area contributed by atoms with Gasteiger partial charge >= 0.3 is 0 Å². The monoisotopic (exact) mass is 326 g/mol. The van der Waals surface area contributed by atoms with E-state index in [-0.39, 0.29) is 12.0 Å². The quantitative estimate of drug-likeness (QED) is 0.905. The number of pyridine rings is 1. The summed E-state index contributed by atoms with van der Waals surface area (Å²) in [5.74, 6) is 1.21. The minimum Gasteiger partial charge on any atom is -0.393 e. The molecule has 4 nitrogen and oxygen atoms in total. The molecule has 0 amide bonds. The molecule has 2 aliphatic rings. The Labute approximate surface area is 121 Å². The van der Waals surface area contributed by atoms with Gasteiger partial charge in [-0.3, -0.25) is 0 Å². The molecule has 5 heteroatoms. The molecule has 0 spiro atoms. The summed E-state index contributed by atoms with van der Waals surface area (Å²) in [6.45, 7) is 2.36. The van der Waals surface area contributed by atoms with E-state index in [0.717, 1.165) is 36.1 Å². The fourth-order valence-electron chi connectivity index (χ4n) is 3.18. The van der Waals surface area contributed by atoms with Crippen LogP contribution in [0.25, 0.3) is 0 Å². The highest BCUT2D eigenvalue weighted by molar-refractivity contribution is 9.10. The van der Waals surface area contributed by atoms with Gasteiger partial charge in [-0.15, -0.1) is 0 Å². The van der Waals surface area contributed by atoms with Gasteiger partial charge in [0.1, 0.15) is 5.82 Å². The molecule has 19 heavy (non-hydrogen) atoms. The van der Waals surface area contributed by atoms with Crippen LogP contribution < -0.4 is 4.90 Å². The maximum absolute atomic E-state index is 10.2. The fourth-order valence-corrected chi connectivity index (χ4v) is 3.41. The average molecular weight is 327 g/mol. The Hall–Kier alpha value is -0.650. The van der Waals surface area contributed by atoms with Crippen molar-refractivity contribution in [2.45, 2.75) is 31.4 Å². The van der Waals surface area contributed by atoms with Crippen molar-refractivity contribution in [1.82, 2.24) is 4.98 Å². The van der Waals surface area contributed by atoms with Crippen LogP contribution in [0, 0.1) is 5.92 Å². The molecule has 1 aromatic rings. The summed E-state index contributed by atoms with van der Waals surface area (Å²) < 4.78 is 6.55. The second-order valence-electron chi connectivity index (χ2n) is 5.33. The van der Waals surface area contributed by atoms with Crippen LogP contribution in [0.5, 0.6) is 0 Å². The zero-order chi connectivity index (χ0) is 13.2. The number of ether oxygens (including phenoxy) is 1. The zero-order valence-electron chi connectivity index (χ0n) is 10.8. The van der Waals surface area contributed by atoms with E-state index in [1.165, 1.54) is 0 Å². The lowest BCUT2D eigenvalue weighted by molar-refractivity contribution is -0.0438. The lowest BCUT2D eigenvalue weighted by Crippen LogP contribution is -2.46. The van der Waals surface area contributed by atoms with Gasteiger partial charge in [0.2, 0.25) is 0 Å². The largest absolute Gasteiger partial charge is 0.393 e. The van der Waals surface area contributed by atoms with E-state index in [0.29, 0.717) is 19.3 Å². The third kappa shape index (κ3) is 2.78. The zero-order valence-corrected chi connectivity index (χ0v) is 12.4. The Bertz CT molecular complexity index is 426. The molecular weight excluding hydrogens is 308 g/mol. The van der Waals surface area contributed by atoms with Crippen LogP contribution in [-0.4, -0.2) is 42.0 Å². The standard InChI is InChI=1S/C14H19BrN2O2/c15-10-3-4-14(16-8-10)17-6-1-2-12(17)11-9-19-7-5-13(11)18/h3-4,8,11-13,18H,1-2,5-7,9H2/t11-,12-,13+/m0/s1. The molecular formula is C14H19BrN2O2. The van der Waals surface area contributed by atoms with Gasteiger partial charge in [0.05, 0.1) is 12.7 Å². The predicted molar refractivity (Wildman–Crippen MR) is 77.2 cm³/mol. The molecule has 1 aromatic heterocycles. The number of aliphatic hydroxyl groups excluding tert-OH is 1. The molecule has 1 N–H and O–H groups in total. The molecule has 0 aliphatic carbocycles. The Kier molecular flexibility index (Phi) is 4.05. The average Bonchev–Trinajstić information content (AvgIpc) is 2.89. The molecule has 3 atom stereocenters. The van der Waals surface area contributed by atoms with Crippen LogP contribution in [0.2, 0.25) is 0 Å². The second-order valence-corrected chi connectivity index (χ2v) is 6.25. The first-order chi connectivity index (χ1) is 9.25. The molecule has 2 fully saturated rings. The third-order valence-corrected chi connectivity index (χ3v) is 4.63. The minimum absolute atomic E-state index is 0.210. The van der Waals surface area contributed by atoms with Gasteiger partial charge in [0.15, 0.2) is 0 Å². The van der Waals surface area contributed by atoms with E-state index >= 15 is 0 Å². The molecule has 3 heterocycles. The van der Waals surface area contributed by atoms with Gasteiger partial charge in [-0.25, -0.2) is 4.98 Å². The van der Waals surface area contributed by atoms with E-state index in [9.17, 15) is 5.11 Å². The highest BCUT2D eigenvalue weighted by atomic mass is 79.9. The van der Waals surface area contributed by atoms with Gasteiger partial charge in [0.25, 0.3) is 0 Å². The molecule has 0 unspecified atom stereocenters. The van der Waals surface area contributed by atoms with Crippen LogP contribution in [-0.2, 0) is 4.74 Å². The van der Waals surface area contributed by atoms with E-state index in [1.807, 2.05) is 18.3 Å². The number of hydrogen-bond acceptors (Lipinski definition) is 4. The van der Waals surface area contributed by atoms with Crippen molar-refractivity contribution in [2.75, 3.05) is 24.7 Å². The minimum atomic E-state index is -0.241. The van der Waals surface area contributed by atoms with Crippen molar-refractivity contribution < 1.29 is 9.84 Å². The van der Waals surface area contributed by atoms with Gasteiger partial charge in [0, 0.05) is 35.8 Å². The lowest BCUT2D eigenvalue weighted by Gasteiger charge is -2.37. The predicted octanol–water partition coefficient (Wildman–Crippen LogP) is 2.21. The topological polar surface area (TPSA) is 45.6 Å². The van der Waals surface area contributed by atoms with Crippen molar-refractivity contribution in [1.29, 1.82) is 0 Å². The summed E-state index contributed by atoms with van der Waals surface area (Å²) in [5, 5.41) is 10.2. The van der Waals surface area contributed by atoms with Gasteiger partial charge < -0.3 is 14.7 Å². The first-order valence-electron chi connectivity index (χ1n) is 6.90. The van der Waals surface area contributed by atoms with E-state index in [1.54, 1.807) is 0 Å². The van der Waals surface area contributed by atoms with Crippen LogP contribution in [0.1, 0.15) is 19.3 Å². The number of nitrogens with zero attached hydrogens (tertiary/aromatic N) is 2. The fraction of sp³-hybridized carbons (Fsp3) is 0.643. The summed E-state index contributed by atoms with van der Waals surface area (Å²) in [6.07, 6.45) is 4.62. The molecule has 104 valence electrons. The molecule has 0 aromatic carbocycles. The molecule has 2 saturated heterocycles. The number of halogens is 1. The van der Waals surface area contributed by atoms with Gasteiger partial charge in [-0.05, 0) is 47.3 Å². The van der Waals surface area contributed by atoms with E-state index < -0.39 is 0 Å². The van der Waals surface area contributed by atoms with Gasteiger partial charge in [-0.2, -0.15) is 0 Å². The van der Waals surface area contributed by atoms with Crippen molar-refractivity contribution in [3.63, 3.8) is 0 Å². The maximum atomic E-state index is 10.2. The number of aromatic nitrogens is 1. The smallest absolute Gasteiger partial charge is 0.128 e. The number of rotatable bonds is 2. The summed E-state index contributed by atoms with van der Waals surface area (Å²) >= 11 is 3.41. The van der Waals surface area contributed by atoms with Gasteiger partial charge in [-0.1, -0.05) is 0 Å². The molecule has 0 radical (unpaired) electrons. The normalized spacial score (nSPS) is 31.7. The third-order valence-electron chi connectivity index (χ3n) is 4.16. The first kappa shape index (κ1) is 13.3.